The van der Waals surface area contributed by atoms with Gasteiger partial charge in [-0.1, -0.05) is 0 Å². The monoisotopic (exact) mass is 288 g/mol. The van der Waals surface area contributed by atoms with Gasteiger partial charge in [-0.05, 0) is 18.2 Å². The molecule has 0 saturated heterocycles. The van der Waals surface area contributed by atoms with Crippen molar-refractivity contribution in [3.05, 3.63) is 47.8 Å². The normalized spacial score (nSPS) is 9.95. The lowest BCUT2D eigenvalue weighted by atomic mass is 10.2. The minimum atomic E-state index is -1.16. The molecule has 1 aromatic heterocycles. The van der Waals surface area contributed by atoms with Crippen molar-refractivity contribution in [1.29, 1.82) is 0 Å². The Kier molecular flexibility index (Phi) is 4.03. The molecule has 21 heavy (non-hydrogen) atoms. The van der Waals surface area contributed by atoms with Gasteiger partial charge in [0.05, 0.1) is 7.11 Å². The minimum Gasteiger partial charge on any atom is -0.497 e. The number of carbonyl (C=O) groups is 2. The molecular formula is C14H12N2O5. The van der Waals surface area contributed by atoms with E-state index in [0.29, 0.717) is 11.5 Å². The smallest absolute Gasteiger partial charge is 0.354 e. The number of amides is 1. The number of aromatic nitrogens is 1. The first-order chi connectivity index (χ1) is 9.99. The zero-order chi connectivity index (χ0) is 15.4. The van der Waals surface area contributed by atoms with Crippen LogP contribution in [0.1, 0.15) is 20.8 Å². The molecule has 2 aromatic rings. The Morgan fingerprint density at radius 3 is 2.48 bits per heavy atom. The Hall–Kier alpha value is -3.09. The summed E-state index contributed by atoms with van der Waals surface area (Å²) in [6.07, 6.45) is 1.31. The molecule has 1 aromatic carbocycles. The maximum Gasteiger partial charge on any atom is 0.354 e. The molecule has 7 nitrogen and oxygen atoms in total. The highest BCUT2D eigenvalue weighted by atomic mass is 16.5. The van der Waals surface area contributed by atoms with Gasteiger partial charge in [-0.15, -0.1) is 0 Å². The molecule has 1 heterocycles. The van der Waals surface area contributed by atoms with E-state index in [9.17, 15) is 9.59 Å². The molecule has 0 saturated carbocycles. The Bertz CT molecular complexity index is 700. The highest BCUT2D eigenvalue weighted by Crippen LogP contribution is 2.27. The number of nitrogens with two attached hydrogens (primary N) is 1. The summed E-state index contributed by atoms with van der Waals surface area (Å²) in [6.45, 7) is 0. The van der Waals surface area contributed by atoms with Crippen LogP contribution in [-0.2, 0) is 0 Å². The fourth-order valence-corrected chi connectivity index (χ4v) is 1.62. The summed E-state index contributed by atoms with van der Waals surface area (Å²) < 4.78 is 10.6. The average molecular weight is 288 g/mol. The van der Waals surface area contributed by atoms with Crippen LogP contribution in [0, 0.1) is 0 Å². The van der Waals surface area contributed by atoms with E-state index in [1.807, 2.05) is 0 Å². The Morgan fingerprint density at radius 1 is 1.14 bits per heavy atom. The lowest BCUT2D eigenvalue weighted by Gasteiger charge is -2.09. The largest absolute Gasteiger partial charge is 0.497 e. The molecule has 0 radical (unpaired) electrons. The number of hydrogen-bond donors (Lipinski definition) is 2. The Morgan fingerprint density at radius 2 is 1.86 bits per heavy atom. The van der Waals surface area contributed by atoms with E-state index in [0.717, 1.165) is 0 Å². The van der Waals surface area contributed by atoms with Crippen LogP contribution >= 0.6 is 0 Å². The van der Waals surface area contributed by atoms with Crippen LogP contribution in [0.2, 0.25) is 0 Å². The molecule has 0 spiro atoms. The van der Waals surface area contributed by atoms with E-state index >= 15 is 0 Å². The molecule has 7 heteroatoms. The third-order valence-electron chi connectivity index (χ3n) is 2.59. The molecule has 2 rings (SSSR count). The zero-order valence-corrected chi connectivity index (χ0v) is 11.1. The van der Waals surface area contributed by atoms with Gasteiger partial charge < -0.3 is 20.3 Å². The lowest BCUT2D eigenvalue weighted by Crippen LogP contribution is -2.11. The lowest BCUT2D eigenvalue weighted by molar-refractivity contribution is 0.0690. The molecule has 3 N–H and O–H groups in total. The molecule has 0 aliphatic heterocycles. The number of nitrogens with zero attached hydrogens (tertiary/aromatic N) is 1. The number of rotatable bonds is 5. The molecule has 0 bridgehead atoms. The maximum atomic E-state index is 11.2. The van der Waals surface area contributed by atoms with Crippen molar-refractivity contribution in [3.8, 4) is 17.2 Å². The van der Waals surface area contributed by atoms with Crippen molar-refractivity contribution in [2.45, 2.75) is 0 Å². The predicted octanol–water partition coefficient (Wildman–Crippen LogP) is 1.68. The second-order valence-corrected chi connectivity index (χ2v) is 4.05. The second-order valence-electron chi connectivity index (χ2n) is 4.05. The SMILES string of the molecule is COc1cc(Oc2ccnc(C(=O)O)c2)cc(C(N)=O)c1. The highest BCUT2D eigenvalue weighted by Gasteiger charge is 2.10. The van der Waals surface area contributed by atoms with E-state index in [2.05, 4.69) is 4.98 Å². The van der Waals surface area contributed by atoms with Gasteiger partial charge in [0, 0.05) is 23.9 Å². The number of pyridine rings is 1. The number of carbonyl (C=O) groups excluding carboxylic acids is 1. The van der Waals surface area contributed by atoms with E-state index in [1.54, 1.807) is 6.07 Å². The van der Waals surface area contributed by atoms with Gasteiger partial charge in [-0.2, -0.15) is 0 Å². The maximum absolute atomic E-state index is 11.2. The summed E-state index contributed by atoms with van der Waals surface area (Å²) in [5.41, 5.74) is 5.30. The van der Waals surface area contributed by atoms with Gasteiger partial charge in [0.1, 0.15) is 17.2 Å². The van der Waals surface area contributed by atoms with Crippen LogP contribution in [0.3, 0.4) is 0 Å². The molecule has 0 fully saturated rings. The molecule has 1 amide bonds. The quantitative estimate of drug-likeness (QED) is 0.865. The molecule has 0 unspecified atom stereocenters. The summed E-state index contributed by atoms with van der Waals surface area (Å²) in [5.74, 6) is -0.825. The van der Waals surface area contributed by atoms with E-state index in [1.165, 1.54) is 37.6 Å². The number of methoxy groups -OCH3 is 1. The molecule has 108 valence electrons. The van der Waals surface area contributed by atoms with Crippen LogP contribution in [-0.4, -0.2) is 29.1 Å². The number of primary amides is 1. The summed E-state index contributed by atoms with van der Waals surface area (Å²) >= 11 is 0. The first-order valence-electron chi connectivity index (χ1n) is 5.85. The number of benzene rings is 1. The van der Waals surface area contributed by atoms with Crippen LogP contribution in [0.5, 0.6) is 17.2 Å². The van der Waals surface area contributed by atoms with Crippen molar-refractivity contribution in [2.75, 3.05) is 7.11 Å². The van der Waals surface area contributed by atoms with Crippen molar-refractivity contribution in [3.63, 3.8) is 0 Å². The van der Waals surface area contributed by atoms with E-state index in [-0.39, 0.29) is 17.0 Å². The summed E-state index contributed by atoms with van der Waals surface area (Å²) in [6, 6.07) is 7.23. The van der Waals surface area contributed by atoms with Gasteiger partial charge >= 0.3 is 5.97 Å². The zero-order valence-electron chi connectivity index (χ0n) is 11.1. The number of carboxylic acids is 1. The van der Waals surface area contributed by atoms with Crippen molar-refractivity contribution < 1.29 is 24.2 Å². The number of hydrogen-bond acceptors (Lipinski definition) is 5. The first kappa shape index (κ1) is 14.3. The van der Waals surface area contributed by atoms with Crippen LogP contribution in [0.4, 0.5) is 0 Å². The van der Waals surface area contributed by atoms with Crippen molar-refractivity contribution in [1.82, 2.24) is 4.98 Å². The van der Waals surface area contributed by atoms with Gasteiger partial charge in [0.15, 0.2) is 5.69 Å². The first-order valence-corrected chi connectivity index (χ1v) is 5.85. The summed E-state index contributed by atoms with van der Waals surface area (Å²) in [5, 5.41) is 8.88. The summed E-state index contributed by atoms with van der Waals surface area (Å²) in [4.78, 5) is 25.8. The standard InChI is InChI=1S/C14H12N2O5/c1-20-10-4-8(13(15)17)5-11(6-10)21-9-2-3-16-12(7-9)14(18)19/h2-7H,1H3,(H2,15,17)(H,18,19). The number of carboxylic acid groups (broad SMARTS) is 1. The third kappa shape index (κ3) is 3.47. The van der Waals surface area contributed by atoms with E-state index < -0.39 is 11.9 Å². The molecule has 0 aliphatic rings. The fourth-order valence-electron chi connectivity index (χ4n) is 1.62. The van der Waals surface area contributed by atoms with Crippen molar-refractivity contribution in [2.24, 2.45) is 5.73 Å². The Labute approximate surface area is 119 Å². The highest BCUT2D eigenvalue weighted by molar-refractivity contribution is 5.93. The van der Waals surface area contributed by atoms with Crippen molar-refractivity contribution >= 4 is 11.9 Å². The van der Waals surface area contributed by atoms with Crippen LogP contribution in [0.15, 0.2) is 36.5 Å². The second kappa shape index (κ2) is 5.91. The van der Waals surface area contributed by atoms with Gasteiger partial charge in [-0.3, -0.25) is 4.79 Å². The minimum absolute atomic E-state index is 0.148. The topological polar surface area (TPSA) is 112 Å². The number of ether oxygens (including phenoxy) is 2. The third-order valence-corrected chi connectivity index (χ3v) is 2.59. The molecule has 0 atom stereocenters. The summed E-state index contributed by atoms with van der Waals surface area (Å²) in [7, 11) is 1.44. The average Bonchev–Trinajstić information content (AvgIpc) is 2.47. The number of aromatic carboxylic acids is 1. The van der Waals surface area contributed by atoms with Gasteiger partial charge in [0.2, 0.25) is 5.91 Å². The van der Waals surface area contributed by atoms with Crippen LogP contribution in [0.25, 0.3) is 0 Å². The van der Waals surface area contributed by atoms with Gasteiger partial charge in [-0.25, -0.2) is 9.78 Å². The van der Waals surface area contributed by atoms with Gasteiger partial charge in [0.25, 0.3) is 0 Å². The van der Waals surface area contributed by atoms with E-state index in [4.69, 9.17) is 20.3 Å². The van der Waals surface area contributed by atoms with Crippen LogP contribution < -0.4 is 15.2 Å². The Balaban J connectivity index is 2.34. The predicted molar refractivity (Wildman–Crippen MR) is 72.8 cm³/mol. The molecule has 0 aliphatic carbocycles. The molecular weight excluding hydrogens is 276 g/mol. The fraction of sp³-hybridized carbons (Fsp3) is 0.0714.